The lowest BCUT2D eigenvalue weighted by Gasteiger charge is -2.34. The summed E-state index contributed by atoms with van der Waals surface area (Å²) >= 11 is 0. The first kappa shape index (κ1) is 11.5. The molecule has 82 valence electrons. The highest BCUT2D eigenvalue weighted by Crippen LogP contribution is 2.36. The first-order chi connectivity index (χ1) is 6.53. The van der Waals surface area contributed by atoms with Crippen molar-refractivity contribution in [1.29, 1.82) is 0 Å². The summed E-state index contributed by atoms with van der Waals surface area (Å²) in [5.41, 5.74) is 0.357. The molecule has 0 aromatic rings. The summed E-state index contributed by atoms with van der Waals surface area (Å²) in [6, 6.07) is 0. The van der Waals surface area contributed by atoms with Gasteiger partial charge in [0.25, 0.3) is 0 Å². The van der Waals surface area contributed by atoms with E-state index >= 15 is 0 Å². The van der Waals surface area contributed by atoms with Crippen LogP contribution in [-0.4, -0.2) is 12.1 Å². The van der Waals surface area contributed by atoms with E-state index in [1.54, 1.807) is 0 Å². The highest BCUT2D eigenvalue weighted by Gasteiger charge is 2.29. The molecule has 0 spiro atoms. The van der Waals surface area contributed by atoms with Gasteiger partial charge in [-0.15, -0.1) is 0 Å². The molecule has 0 N–H and O–H groups in total. The first-order valence-corrected chi connectivity index (χ1v) is 5.73. The van der Waals surface area contributed by atoms with Gasteiger partial charge in [0.05, 0.1) is 0 Å². The van der Waals surface area contributed by atoms with Crippen LogP contribution in [0.15, 0.2) is 0 Å². The zero-order valence-corrected chi connectivity index (χ0v) is 9.64. The van der Waals surface area contributed by atoms with Crippen LogP contribution in [0.25, 0.3) is 0 Å². The second-order valence-electron chi connectivity index (χ2n) is 5.12. The van der Waals surface area contributed by atoms with Gasteiger partial charge in [0.15, 0.2) is 0 Å². The maximum Gasteiger partial charge on any atom is 0.306 e. The average molecular weight is 198 g/mol. The third kappa shape index (κ3) is 3.69. The van der Waals surface area contributed by atoms with E-state index in [0.717, 1.165) is 19.3 Å². The van der Waals surface area contributed by atoms with Gasteiger partial charge in [-0.25, -0.2) is 0 Å². The van der Waals surface area contributed by atoms with Gasteiger partial charge in [0.2, 0.25) is 0 Å². The summed E-state index contributed by atoms with van der Waals surface area (Å²) in [6.07, 6.45) is 6.16. The third-order valence-electron chi connectivity index (χ3n) is 2.91. The van der Waals surface area contributed by atoms with E-state index in [9.17, 15) is 4.79 Å². The summed E-state index contributed by atoms with van der Waals surface area (Å²) in [5, 5.41) is 0. The van der Waals surface area contributed by atoms with E-state index in [1.807, 2.05) is 6.92 Å². The molecule has 2 heteroatoms. The van der Waals surface area contributed by atoms with Crippen LogP contribution in [0.4, 0.5) is 0 Å². The molecule has 0 amide bonds. The van der Waals surface area contributed by atoms with Gasteiger partial charge >= 0.3 is 5.97 Å². The summed E-state index contributed by atoms with van der Waals surface area (Å²) < 4.78 is 5.43. The topological polar surface area (TPSA) is 26.3 Å². The normalized spacial score (nSPS) is 25.8. The largest absolute Gasteiger partial charge is 0.462 e. The number of esters is 1. The SMILES string of the molecule is CCCC(=O)OC1CCCC(C)(C)C1. The molecule has 0 aromatic heterocycles. The summed E-state index contributed by atoms with van der Waals surface area (Å²) in [7, 11) is 0. The molecule has 0 bridgehead atoms. The first-order valence-electron chi connectivity index (χ1n) is 5.73. The molecule has 1 aliphatic carbocycles. The van der Waals surface area contributed by atoms with Crippen molar-refractivity contribution < 1.29 is 9.53 Å². The second-order valence-corrected chi connectivity index (χ2v) is 5.12. The van der Waals surface area contributed by atoms with Gasteiger partial charge in [-0.1, -0.05) is 20.8 Å². The number of hydrogen-bond acceptors (Lipinski definition) is 2. The molecule has 1 fully saturated rings. The van der Waals surface area contributed by atoms with Crippen LogP contribution in [0.5, 0.6) is 0 Å². The zero-order chi connectivity index (χ0) is 10.6. The van der Waals surface area contributed by atoms with E-state index < -0.39 is 0 Å². The van der Waals surface area contributed by atoms with Crippen LogP contribution in [0.1, 0.15) is 59.3 Å². The molecule has 1 rings (SSSR count). The fourth-order valence-electron chi connectivity index (χ4n) is 2.18. The highest BCUT2D eigenvalue weighted by atomic mass is 16.5. The Bertz CT molecular complexity index is 196. The van der Waals surface area contributed by atoms with Crippen molar-refractivity contribution in [2.75, 3.05) is 0 Å². The molecule has 0 aliphatic heterocycles. The molecule has 1 aliphatic rings. The standard InChI is InChI=1S/C12H22O2/c1-4-6-11(13)14-10-7-5-8-12(2,3)9-10/h10H,4-9H2,1-3H3. The maximum atomic E-state index is 11.3. The van der Waals surface area contributed by atoms with Crippen LogP contribution in [-0.2, 0) is 9.53 Å². The lowest BCUT2D eigenvalue weighted by molar-refractivity contribution is -0.152. The fourth-order valence-corrected chi connectivity index (χ4v) is 2.18. The van der Waals surface area contributed by atoms with Gasteiger partial charge in [-0.05, 0) is 37.5 Å². The monoisotopic (exact) mass is 198 g/mol. The van der Waals surface area contributed by atoms with Crippen molar-refractivity contribution >= 4 is 5.97 Å². The smallest absolute Gasteiger partial charge is 0.306 e. The van der Waals surface area contributed by atoms with Gasteiger partial charge in [-0.2, -0.15) is 0 Å². The Hall–Kier alpha value is -0.530. The molecule has 0 aromatic carbocycles. The van der Waals surface area contributed by atoms with Crippen molar-refractivity contribution in [1.82, 2.24) is 0 Å². The van der Waals surface area contributed by atoms with Crippen molar-refractivity contribution in [2.24, 2.45) is 5.41 Å². The predicted octanol–water partition coefficient (Wildman–Crippen LogP) is 3.30. The molecule has 1 saturated carbocycles. The fraction of sp³-hybridized carbons (Fsp3) is 0.917. The Morgan fingerprint density at radius 3 is 2.79 bits per heavy atom. The summed E-state index contributed by atoms with van der Waals surface area (Å²) in [4.78, 5) is 11.3. The van der Waals surface area contributed by atoms with Gasteiger partial charge in [0, 0.05) is 6.42 Å². The lowest BCUT2D eigenvalue weighted by atomic mass is 9.76. The van der Waals surface area contributed by atoms with Crippen LogP contribution in [0, 0.1) is 5.41 Å². The average Bonchev–Trinajstić information content (AvgIpc) is 2.02. The minimum Gasteiger partial charge on any atom is -0.462 e. The van der Waals surface area contributed by atoms with Crippen LogP contribution >= 0.6 is 0 Å². The van der Waals surface area contributed by atoms with Crippen molar-refractivity contribution in [3.63, 3.8) is 0 Å². The van der Waals surface area contributed by atoms with E-state index in [0.29, 0.717) is 11.8 Å². The number of carbonyl (C=O) groups is 1. The summed E-state index contributed by atoms with van der Waals surface area (Å²) in [5.74, 6) is -0.0183. The van der Waals surface area contributed by atoms with E-state index in [2.05, 4.69) is 13.8 Å². The van der Waals surface area contributed by atoms with E-state index in [-0.39, 0.29) is 12.1 Å². The molecular formula is C12H22O2. The maximum absolute atomic E-state index is 11.3. The number of hydrogen-bond donors (Lipinski definition) is 0. The molecule has 1 atom stereocenters. The Balaban J connectivity index is 2.34. The van der Waals surface area contributed by atoms with E-state index in [4.69, 9.17) is 4.74 Å². The van der Waals surface area contributed by atoms with Gasteiger partial charge in [0.1, 0.15) is 6.10 Å². The Morgan fingerprint density at radius 1 is 1.50 bits per heavy atom. The molecular weight excluding hydrogens is 176 g/mol. The molecule has 0 radical (unpaired) electrons. The number of ether oxygens (including phenoxy) is 1. The molecule has 1 unspecified atom stereocenters. The molecule has 14 heavy (non-hydrogen) atoms. The predicted molar refractivity (Wildman–Crippen MR) is 57.0 cm³/mol. The molecule has 0 saturated heterocycles. The third-order valence-corrected chi connectivity index (χ3v) is 2.91. The zero-order valence-electron chi connectivity index (χ0n) is 9.64. The highest BCUT2D eigenvalue weighted by molar-refractivity contribution is 5.69. The lowest BCUT2D eigenvalue weighted by Crippen LogP contribution is -2.30. The second kappa shape index (κ2) is 4.81. The molecule has 0 heterocycles. The summed E-state index contributed by atoms with van der Waals surface area (Å²) in [6.45, 7) is 6.52. The Kier molecular flexibility index (Phi) is 3.97. The number of carbonyl (C=O) groups excluding carboxylic acids is 1. The van der Waals surface area contributed by atoms with E-state index in [1.165, 1.54) is 12.8 Å². The Morgan fingerprint density at radius 2 is 2.21 bits per heavy atom. The Labute approximate surface area is 87.0 Å². The number of rotatable bonds is 3. The molecule has 2 nitrogen and oxygen atoms in total. The van der Waals surface area contributed by atoms with Gasteiger partial charge < -0.3 is 4.74 Å². The van der Waals surface area contributed by atoms with Crippen LogP contribution < -0.4 is 0 Å². The van der Waals surface area contributed by atoms with Crippen molar-refractivity contribution in [3.8, 4) is 0 Å². The van der Waals surface area contributed by atoms with Crippen molar-refractivity contribution in [3.05, 3.63) is 0 Å². The minimum atomic E-state index is -0.0183. The van der Waals surface area contributed by atoms with Crippen LogP contribution in [0.2, 0.25) is 0 Å². The quantitative estimate of drug-likeness (QED) is 0.650. The van der Waals surface area contributed by atoms with Gasteiger partial charge in [-0.3, -0.25) is 4.79 Å². The minimum absolute atomic E-state index is 0.0183. The van der Waals surface area contributed by atoms with Crippen LogP contribution in [0.3, 0.4) is 0 Å². The van der Waals surface area contributed by atoms with Crippen molar-refractivity contribution in [2.45, 2.75) is 65.4 Å².